The summed E-state index contributed by atoms with van der Waals surface area (Å²) in [4.78, 5) is 16.6. The van der Waals surface area contributed by atoms with E-state index in [4.69, 9.17) is 4.52 Å². The number of amides is 1. The molecule has 3 rings (SSSR count). The molecule has 0 aliphatic carbocycles. The Labute approximate surface area is 155 Å². The SMILES string of the molecule is Cc1ccc(S(C)(=O)=O)cc1C(=O)NCc1nc(-c2cccc(F)c2)no1. The molecular weight excluding hydrogens is 373 g/mol. The van der Waals surface area contributed by atoms with E-state index in [0.717, 1.165) is 6.26 Å². The highest BCUT2D eigenvalue weighted by Crippen LogP contribution is 2.18. The minimum absolute atomic E-state index is 0.0519. The van der Waals surface area contributed by atoms with Gasteiger partial charge in [-0.2, -0.15) is 4.98 Å². The van der Waals surface area contributed by atoms with Crippen molar-refractivity contribution in [1.82, 2.24) is 15.5 Å². The fourth-order valence-corrected chi connectivity index (χ4v) is 3.05. The number of aromatic nitrogens is 2. The van der Waals surface area contributed by atoms with Crippen LogP contribution in [0.5, 0.6) is 0 Å². The Morgan fingerprint density at radius 1 is 1.22 bits per heavy atom. The van der Waals surface area contributed by atoms with E-state index < -0.39 is 21.6 Å². The molecule has 0 bridgehead atoms. The third-order valence-corrected chi connectivity index (χ3v) is 4.94. The van der Waals surface area contributed by atoms with Gasteiger partial charge in [0.05, 0.1) is 11.4 Å². The summed E-state index contributed by atoms with van der Waals surface area (Å²) >= 11 is 0. The van der Waals surface area contributed by atoms with Gasteiger partial charge in [0.25, 0.3) is 5.91 Å². The fraction of sp³-hybridized carbons (Fsp3) is 0.167. The third-order valence-electron chi connectivity index (χ3n) is 3.83. The van der Waals surface area contributed by atoms with E-state index in [-0.39, 0.29) is 28.7 Å². The Morgan fingerprint density at radius 2 is 2.00 bits per heavy atom. The summed E-state index contributed by atoms with van der Waals surface area (Å²) in [5.74, 6) is -0.551. The summed E-state index contributed by atoms with van der Waals surface area (Å²) in [7, 11) is -3.43. The van der Waals surface area contributed by atoms with Crippen molar-refractivity contribution in [3.05, 3.63) is 65.3 Å². The molecule has 0 aliphatic heterocycles. The maximum atomic E-state index is 13.3. The maximum Gasteiger partial charge on any atom is 0.252 e. The Hall–Kier alpha value is -3.07. The predicted molar refractivity (Wildman–Crippen MR) is 95.2 cm³/mol. The van der Waals surface area contributed by atoms with E-state index in [0.29, 0.717) is 11.1 Å². The first-order valence-electron chi connectivity index (χ1n) is 7.91. The average Bonchev–Trinajstić information content (AvgIpc) is 3.08. The Morgan fingerprint density at radius 3 is 2.70 bits per heavy atom. The third kappa shape index (κ3) is 4.37. The first-order chi connectivity index (χ1) is 12.7. The number of hydrogen-bond acceptors (Lipinski definition) is 6. The lowest BCUT2D eigenvalue weighted by Gasteiger charge is -2.08. The van der Waals surface area contributed by atoms with Crippen LogP contribution in [0.3, 0.4) is 0 Å². The molecule has 0 radical (unpaired) electrons. The van der Waals surface area contributed by atoms with Gasteiger partial charge in [-0.05, 0) is 36.8 Å². The van der Waals surface area contributed by atoms with Gasteiger partial charge in [0, 0.05) is 17.4 Å². The van der Waals surface area contributed by atoms with Crippen molar-refractivity contribution >= 4 is 15.7 Å². The molecule has 1 amide bonds. The van der Waals surface area contributed by atoms with Crippen molar-refractivity contribution in [2.75, 3.05) is 6.26 Å². The Balaban J connectivity index is 1.73. The van der Waals surface area contributed by atoms with Gasteiger partial charge >= 0.3 is 0 Å². The second kappa shape index (κ2) is 7.28. The van der Waals surface area contributed by atoms with Crippen molar-refractivity contribution < 1.29 is 22.1 Å². The molecule has 0 unspecified atom stereocenters. The molecule has 27 heavy (non-hydrogen) atoms. The largest absolute Gasteiger partial charge is 0.343 e. The first-order valence-corrected chi connectivity index (χ1v) is 9.80. The quantitative estimate of drug-likeness (QED) is 0.719. The number of nitrogens with one attached hydrogen (secondary N) is 1. The van der Waals surface area contributed by atoms with Gasteiger partial charge in [0.15, 0.2) is 9.84 Å². The smallest absolute Gasteiger partial charge is 0.252 e. The standard InChI is InChI=1S/C18H16FN3O4S/c1-11-6-7-14(27(2,24)25)9-15(11)18(23)20-10-16-21-17(22-26-16)12-4-3-5-13(19)8-12/h3-9H,10H2,1-2H3,(H,20,23). The molecule has 1 N–H and O–H groups in total. The lowest BCUT2D eigenvalue weighted by Crippen LogP contribution is -2.24. The van der Waals surface area contributed by atoms with Crippen molar-refractivity contribution in [3.8, 4) is 11.4 Å². The van der Waals surface area contributed by atoms with Gasteiger partial charge in [0.2, 0.25) is 11.7 Å². The molecule has 0 aliphatic rings. The van der Waals surface area contributed by atoms with Crippen LogP contribution in [-0.2, 0) is 16.4 Å². The van der Waals surface area contributed by atoms with Crippen molar-refractivity contribution in [1.29, 1.82) is 0 Å². The summed E-state index contributed by atoms with van der Waals surface area (Å²) in [6.45, 7) is 1.65. The van der Waals surface area contributed by atoms with Crippen LogP contribution in [0.2, 0.25) is 0 Å². The molecule has 7 nitrogen and oxygen atoms in total. The molecule has 0 spiro atoms. The van der Waals surface area contributed by atoms with Crippen molar-refractivity contribution in [2.24, 2.45) is 0 Å². The lowest BCUT2D eigenvalue weighted by atomic mass is 10.1. The Bertz CT molecular complexity index is 1110. The summed E-state index contributed by atoms with van der Waals surface area (Å²) in [6, 6.07) is 10.1. The number of hydrogen-bond donors (Lipinski definition) is 1. The van der Waals surface area contributed by atoms with E-state index in [9.17, 15) is 17.6 Å². The summed E-state index contributed by atoms with van der Waals surface area (Å²) in [5.41, 5.74) is 1.32. The van der Waals surface area contributed by atoms with Crippen LogP contribution >= 0.6 is 0 Å². The van der Waals surface area contributed by atoms with Crippen molar-refractivity contribution in [3.63, 3.8) is 0 Å². The van der Waals surface area contributed by atoms with Gasteiger partial charge in [-0.1, -0.05) is 23.4 Å². The van der Waals surface area contributed by atoms with E-state index in [1.165, 1.54) is 30.3 Å². The molecule has 0 fully saturated rings. The highest BCUT2D eigenvalue weighted by atomic mass is 32.2. The normalized spacial score (nSPS) is 11.4. The predicted octanol–water partition coefficient (Wildman–Crippen LogP) is 2.52. The molecular formula is C18H16FN3O4S. The van der Waals surface area contributed by atoms with Gasteiger partial charge < -0.3 is 9.84 Å². The maximum absolute atomic E-state index is 13.3. The van der Waals surface area contributed by atoms with Crippen LogP contribution in [0.4, 0.5) is 4.39 Å². The first kappa shape index (κ1) is 18.7. The van der Waals surface area contributed by atoms with Crippen LogP contribution in [0.1, 0.15) is 21.8 Å². The second-order valence-corrected chi connectivity index (χ2v) is 7.97. The molecule has 1 aromatic heterocycles. The minimum atomic E-state index is -3.43. The highest BCUT2D eigenvalue weighted by molar-refractivity contribution is 7.90. The zero-order valence-corrected chi connectivity index (χ0v) is 15.4. The fourth-order valence-electron chi connectivity index (χ4n) is 2.40. The molecule has 0 saturated carbocycles. The summed E-state index contributed by atoms with van der Waals surface area (Å²) in [5, 5.41) is 6.37. The number of aryl methyl sites for hydroxylation is 1. The molecule has 140 valence electrons. The molecule has 9 heteroatoms. The number of halogens is 1. The van der Waals surface area contributed by atoms with Gasteiger partial charge in [0.1, 0.15) is 5.82 Å². The van der Waals surface area contributed by atoms with Crippen LogP contribution in [0.15, 0.2) is 51.9 Å². The number of sulfone groups is 1. The monoisotopic (exact) mass is 389 g/mol. The van der Waals surface area contributed by atoms with Crippen LogP contribution in [-0.4, -0.2) is 30.7 Å². The second-order valence-electron chi connectivity index (χ2n) is 5.95. The summed E-state index contributed by atoms with van der Waals surface area (Å²) < 4.78 is 41.7. The van der Waals surface area contributed by atoms with E-state index in [2.05, 4.69) is 15.5 Å². The van der Waals surface area contributed by atoms with Gasteiger partial charge in [-0.15, -0.1) is 0 Å². The highest BCUT2D eigenvalue weighted by Gasteiger charge is 2.16. The number of carbonyl (C=O) groups is 1. The number of nitrogens with zero attached hydrogens (tertiary/aromatic N) is 2. The van der Waals surface area contributed by atoms with Gasteiger partial charge in [-0.3, -0.25) is 4.79 Å². The zero-order chi connectivity index (χ0) is 19.6. The van der Waals surface area contributed by atoms with E-state index in [1.807, 2.05) is 0 Å². The number of rotatable bonds is 5. The number of benzene rings is 2. The molecule has 0 atom stereocenters. The molecule has 2 aromatic carbocycles. The Kier molecular flexibility index (Phi) is 5.04. The topological polar surface area (TPSA) is 102 Å². The van der Waals surface area contributed by atoms with Crippen LogP contribution < -0.4 is 5.32 Å². The minimum Gasteiger partial charge on any atom is -0.343 e. The van der Waals surface area contributed by atoms with Crippen molar-refractivity contribution in [2.45, 2.75) is 18.4 Å². The summed E-state index contributed by atoms with van der Waals surface area (Å²) in [6.07, 6.45) is 1.08. The zero-order valence-electron chi connectivity index (χ0n) is 14.6. The average molecular weight is 389 g/mol. The van der Waals surface area contributed by atoms with Crippen LogP contribution in [0.25, 0.3) is 11.4 Å². The number of carbonyl (C=O) groups excluding carboxylic acids is 1. The van der Waals surface area contributed by atoms with Crippen LogP contribution in [0, 0.1) is 12.7 Å². The lowest BCUT2D eigenvalue weighted by molar-refractivity contribution is 0.0945. The molecule has 0 saturated heterocycles. The van der Waals surface area contributed by atoms with E-state index >= 15 is 0 Å². The molecule has 3 aromatic rings. The molecule has 1 heterocycles. The van der Waals surface area contributed by atoms with E-state index in [1.54, 1.807) is 19.1 Å². The van der Waals surface area contributed by atoms with Gasteiger partial charge in [-0.25, -0.2) is 12.8 Å².